The highest BCUT2D eigenvalue weighted by Gasteiger charge is 2.22. The third kappa shape index (κ3) is 4.09. The molecular formula is C27H20ClN3O2S. The number of fused-ring (bicyclic) bond motifs is 1. The fraction of sp³-hybridized carbons (Fsp3) is 0.0370. The quantitative estimate of drug-likeness (QED) is 0.277. The van der Waals surface area contributed by atoms with Gasteiger partial charge in [-0.3, -0.25) is 4.79 Å². The van der Waals surface area contributed by atoms with Gasteiger partial charge >= 0.3 is 0 Å². The molecule has 5 nitrogen and oxygen atoms in total. The largest absolute Gasteiger partial charge is 0.495 e. The van der Waals surface area contributed by atoms with Crippen LogP contribution < -0.4 is 15.8 Å². The zero-order valence-corrected chi connectivity index (χ0v) is 19.8. The number of carbonyl (C=O) groups is 1. The molecule has 7 heteroatoms. The van der Waals surface area contributed by atoms with Crippen molar-refractivity contribution in [1.29, 1.82) is 0 Å². The maximum absolute atomic E-state index is 13.3. The summed E-state index contributed by atoms with van der Waals surface area (Å²) >= 11 is 7.32. The minimum Gasteiger partial charge on any atom is -0.495 e. The first-order valence-electron chi connectivity index (χ1n) is 10.5. The molecule has 3 aromatic carbocycles. The average Bonchev–Trinajstić information content (AvgIpc) is 3.22. The van der Waals surface area contributed by atoms with Crippen LogP contribution in [-0.2, 0) is 0 Å². The number of anilines is 2. The van der Waals surface area contributed by atoms with Crippen LogP contribution in [0.2, 0.25) is 5.02 Å². The van der Waals surface area contributed by atoms with Crippen LogP contribution in [-0.4, -0.2) is 18.0 Å². The number of hydrogen-bond donors (Lipinski definition) is 2. The second-order valence-electron chi connectivity index (χ2n) is 7.61. The predicted octanol–water partition coefficient (Wildman–Crippen LogP) is 7.13. The maximum atomic E-state index is 13.3. The summed E-state index contributed by atoms with van der Waals surface area (Å²) < 4.78 is 5.35. The number of nitrogens with two attached hydrogens (primary N) is 1. The smallest absolute Gasteiger partial charge is 0.268 e. The van der Waals surface area contributed by atoms with Crippen LogP contribution in [0.5, 0.6) is 5.75 Å². The van der Waals surface area contributed by atoms with E-state index in [9.17, 15) is 4.79 Å². The summed E-state index contributed by atoms with van der Waals surface area (Å²) in [5, 5.41) is 4.18. The number of rotatable bonds is 5. The van der Waals surface area contributed by atoms with Crippen LogP contribution in [0.1, 0.15) is 9.67 Å². The summed E-state index contributed by atoms with van der Waals surface area (Å²) in [4.78, 5) is 19.2. The number of ether oxygens (including phenoxy) is 1. The molecule has 0 atom stereocenters. The van der Waals surface area contributed by atoms with Gasteiger partial charge in [-0.25, -0.2) is 4.98 Å². The second-order valence-corrected chi connectivity index (χ2v) is 9.05. The van der Waals surface area contributed by atoms with Crippen LogP contribution in [0, 0.1) is 0 Å². The van der Waals surface area contributed by atoms with Crippen molar-refractivity contribution < 1.29 is 9.53 Å². The van der Waals surface area contributed by atoms with Crippen molar-refractivity contribution in [1.82, 2.24) is 4.98 Å². The highest BCUT2D eigenvalue weighted by molar-refractivity contribution is 7.21. The van der Waals surface area contributed by atoms with Gasteiger partial charge in [0.05, 0.1) is 24.2 Å². The first-order chi connectivity index (χ1) is 16.5. The number of nitrogen functional groups attached to an aromatic ring is 1. The molecule has 34 heavy (non-hydrogen) atoms. The lowest BCUT2D eigenvalue weighted by Gasteiger charge is -2.10. The van der Waals surface area contributed by atoms with E-state index in [1.54, 1.807) is 18.2 Å². The molecule has 0 spiro atoms. The minimum absolute atomic E-state index is 0.332. The Kier molecular flexibility index (Phi) is 5.92. The molecule has 0 saturated carbocycles. The Morgan fingerprint density at radius 2 is 1.65 bits per heavy atom. The molecule has 5 rings (SSSR count). The van der Waals surface area contributed by atoms with Gasteiger partial charge < -0.3 is 15.8 Å². The number of hydrogen-bond acceptors (Lipinski definition) is 5. The normalized spacial score (nSPS) is 10.9. The predicted molar refractivity (Wildman–Crippen MR) is 141 cm³/mol. The third-order valence-corrected chi connectivity index (χ3v) is 6.80. The fourth-order valence-electron chi connectivity index (χ4n) is 3.84. The lowest BCUT2D eigenvalue weighted by Crippen LogP contribution is -2.12. The van der Waals surface area contributed by atoms with E-state index in [1.165, 1.54) is 18.4 Å². The van der Waals surface area contributed by atoms with Crippen LogP contribution in [0.15, 0.2) is 84.9 Å². The summed E-state index contributed by atoms with van der Waals surface area (Å²) in [5.74, 6) is 0.136. The monoisotopic (exact) mass is 485 g/mol. The summed E-state index contributed by atoms with van der Waals surface area (Å²) in [7, 11) is 1.52. The number of benzene rings is 3. The number of aromatic nitrogens is 1. The highest BCUT2D eigenvalue weighted by Crippen LogP contribution is 2.41. The molecule has 168 valence electrons. The molecule has 0 radical (unpaired) electrons. The number of thiophene rings is 1. The lowest BCUT2D eigenvalue weighted by molar-refractivity contribution is 0.103. The SMILES string of the molecule is COc1cc(Cl)ccc1NC(=O)c1sc2nc(-c3ccccc3)cc(-c3ccccc3)c2c1N. The van der Waals surface area contributed by atoms with Crippen molar-refractivity contribution in [2.75, 3.05) is 18.2 Å². The number of nitrogens with one attached hydrogen (secondary N) is 1. The first-order valence-corrected chi connectivity index (χ1v) is 11.7. The fourth-order valence-corrected chi connectivity index (χ4v) is 5.02. The molecule has 0 fully saturated rings. The van der Waals surface area contributed by atoms with Crippen molar-refractivity contribution in [2.45, 2.75) is 0 Å². The van der Waals surface area contributed by atoms with Gasteiger partial charge in [0.25, 0.3) is 5.91 Å². The Morgan fingerprint density at radius 1 is 0.971 bits per heavy atom. The van der Waals surface area contributed by atoms with E-state index in [0.717, 1.165) is 27.8 Å². The van der Waals surface area contributed by atoms with Gasteiger partial charge in [0.1, 0.15) is 15.5 Å². The molecule has 0 saturated heterocycles. The Morgan fingerprint density at radius 3 is 2.32 bits per heavy atom. The van der Waals surface area contributed by atoms with Crippen LogP contribution >= 0.6 is 22.9 Å². The van der Waals surface area contributed by atoms with Gasteiger partial charge in [-0.05, 0) is 29.3 Å². The Bertz CT molecular complexity index is 1500. The summed E-state index contributed by atoms with van der Waals surface area (Å²) in [6, 6.07) is 27.0. The number of pyridine rings is 1. The summed E-state index contributed by atoms with van der Waals surface area (Å²) in [6.07, 6.45) is 0. The molecule has 1 amide bonds. The average molecular weight is 486 g/mol. The Hall–Kier alpha value is -3.87. The van der Waals surface area contributed by atoms with Gasteiger partial charge in [0.15, 0.2) is 0 Å². The summed E-state index contributed by atoms with van der Waals surface area (Å²) in [5.41, 5.74) is 11.2. The second kappa shape index (κ2) is 9.17. The Labute approximate surface area is 205 Å². The topological polar surface area (TPSA) is 77.2 Å². The standard InChI is InChI=1S/C27H20ClN3O2S/c1-33-22-14-18(28)12-13-20(22)30-26(32)25-24(29)23-19(16-8-4-2-5-9-16)15-21(31-27(23)34-25)17-10-6-3-7-11-17/h2-15H,29H2,1H3,(H,30,32). The van der Waals surface area contributed by atoms with Gasteiger partial charge in [0, 0.05) is 22.0 Å². The number of carbonyl (C=O) groups excluding carboxylic acids is 1. The van der Waals surface area contributed by atoms with Gasteiger partial charge in [-0.2, -0.15) is 0 Å². The van der Waals surface area contributed by atoms with E-state index in [-0.39, 0.29) is 5.91 Å². The zero-order valence-electron chi connectivity index (χ0n) is 18.2. The maximum Gasteiger partial charge on any atom is 0.268 e. The number of nitrogens with zero attached hydrogens (tertiary/aromatic N) is 1. The van der Waals surface area contributed by atoms with E-state index < -0.39 is 0 Å². The Balaban J connectivity index is 1.65. The van der Waals surface area contributed by atoms with Crippen LogP contribution in [0.4, 0.5) is 11.4 Å². The van der Waals surface area contributed by atoms with E-state index in [2.05, 4.69) is 5.32 Å². The molecule has 5 aromatic rings. The van der Waals surface area contributed by atoms with E-state index in [1.807, 2.05) is 66.7 Å². The third-order valence-electron chi connectivity index (χ3n) is 5.47. The van der Waals surface area contributed by atoms with Crippen molar-refractivity contribution in [2.24, 2.45) is 0 Å². The van der Waals surface area contributed by atoms with Crippen molar-refractivity contribution in [3.05, 3.63) is 94.8 Å². The first kappa shape index (κ1) is 21.9. The summed E-state index contributed by atoms with van der Waals surface area (Å²) in [6.45, 7) is 0. The molecule has 0 aliphatic carbocycles. The lowest BCUT2D eigenvalue weighted by atomic mass is 9.99. The van der Waals surface area contributed by atoms with Gasteiger partial charge in [-0.1, -0.05) is 72.3 Å². The molecule has 3 N–H and O–H groups in total. The molecule has 0 aliphatic heterocycles. The van der Waals surface area contributed by atoms with E-state index in [4.69, 9.17) is 27.1 Å². The molecule has 2 heterocycles. The van der Waals surface area contributed by atoms with Crippen molar-refractivity contribution in [3.63, 3.8) is 0 Å². The highest BCUT2D eigenvalue weighted by atomic mass is 35.5. The number of halogens is 1. The molecular weight excluding hydrogens is 466 g/mol. The van der Waals surface area contributed by atoms with Crippen LogP contribution in [0.25, 0.3) is 32.6 Å². The van der Waals surface area contributed by atoms with E-state index in [0.29, 0.717) is 31.9 Å². The van der Waals surface area contributed by atoms with Crippen LogP contribution in [0.3, 0.4) is 0 Å². The molecule has 0 aliphatic rings. The number of methoxy groups -OCH3 is 1. The zero-order chi connectivity index (χ0) is 23.7. The van der Waals surface area contributed by atoms with Crippen molar-refractivity contribution in [3.8, 4) is 28.1 Å². The molecule has 2 aromatic heterocycles. The van der Waals surface area contributed by atoms with Gasteiger partial charge in [0.2, 0.25) is 0 Å². The van der Waals surface area contributed by atoms with Gasteiger partial charge in [-0.15, -0.1) is 11.3 Å². The number of amides is 1. The van der Waals surface area contributed by atoms with E-state index >= 15 is 0 Å². The minimum atomic E-state index is -0.332. The van der Waals surface area contributed by atoms with Crippen molar-refractivity contribution >= 4 is 50.4 Å². The molecule has 0 bridgehead atoms. The molecule has 0 unspecified atom stereocenters.